The molecule has 0 aliphatic heterocycles. The van der Waals surface area contributed by atoms with Crippen LogP contribution in [0.2, 0.25) is 0 Å². The van der Waals surface area contributed by atoms with Crippen molar-refractivity contribution in [2.45, 2.75) is 66.3 Å². The van der Waals surface area contributed by atoms with Crippen molar-refractivity contribution < 1.29 is 0 Å². The fourth-order valence-corrected chi connectivity index (χ4v) is 2.95. The van der Waals surface area contributed by atoms with Gasteiger partial charge in [-0.3, -0.25) is 0 Å². The fraction of sp³-hybridized carbons (Fsp3) is 0.647. The van der Waals surface area contributed by atoms with Gasteiger partial charge in [-0.25, -0.2) is 9.97 Å². The molecule has 2 N–H and O–H groups in total. The zero-order valence-corrected chi connectivity index (χ0v) is 13.8. The van der Waals surface area contributed by atoms with E-state index in [0.29, 0.717) is 5.82 Å². The standard InChI is InChI=1S/C17H28N4/c1-12(2)9-7-5-6-8-10-21-14(4)13(3)15-16(18)19-11-20-17(15)21/h11-12H,5-10H2,1-4H3,(H2,18,19,20). The third-order valence-electron chi connectivity index (χ3n) is 4.35. The molecule has 2 aromatic rings. The lowest BCUT2D eigenvalue weighted by atomic mass is 10.0. The SMILES string of the molecule is Cc1c(C)n(CCCCCCC(C)C)c2ncnc(N)c12. The first kappa shape index (κ1) is 15.8. The van der Waals surface area contributed by atoms with Gasteiger partial charge in [0, 0.05) is 12.2 Å². The number of aryl methyl sites for hydroxylation is 2. The molecule has 21 heavy (non-hydrogen) atoms. The van der Waals surface area contributed by atoms with Crippen LogP contribution in [-0.2, 0) is 6.54 Å². The minimum atomic E-state index is 0.594. The van der Waals surface area contributed by atoms with E-state index in [-0.39, 0.29) is 0 Å². The molecule has 0 radical (unpaired) electrons. The fourth-order valence-electron chi connectivity index (χ4n) is 2.95. The highest BCUT2D eigenvalue weighted by Gasteiger charge is 2.14. The molecule has 0 aromatic carbocycles. The summed E-state index contributed by atoms with van der Waals surface area (Å²) in [5.74, 6) is 1.42. The Bertz CT molecular complexity index is 598. The highest BCUT2D eigenvalue weighted by atomic mass is 15.1. The molecule has 0 saturated heterocycles. The van der Waals surface area contributed by atoms with Gasteiger partial charge in [-0.15, -0.1) is 0 Å². The second-order valence-corrected chi connectivity index (χ2v) is 6.42. The first-order valence-electron chi connectivity index (χ1n) is 8.08. The van der Waals surface area contributed by atoms with Crippen LogP contribution in [0.3, 0.4) is 0 Å². The van der Waals surface area contributed by atoms with Crippen molar-refractivity contribution in [1.29, 1.82) is 0 Å². The first-order chi connectivity index (χ1) is 10.0. The van der Waals surface area contributed by atoms with Gasteiger partial charge in [-0.1, -0.05) is 39.5 Å². The number of nitrogen functional groups attached to an aromatic ring is 1. The van der Waals surface area contributed by atoms with Crippen LogP contribution in [0.4, 0.5) is 5.82 Å². The lowest BCUT2D eigenvalue weighted by molar-refractivity contribution is 0.506. The summed E-state index contributed by atoms with van der Waals surface area (Å²) < 4.78 is 2.30. The summed E-state index contributed by atoms with van der Waals surface area (Å²) in [4.78, 5) is 8.55. The lowest BCUT2D eigenvalue weighted by Gasteiger charge is -2.08. The summed E-state index contributed by atoms with van der Waals surface area (Å²) in [6, 6.07) is 0. The normalized spacial score (nSPS) is 11.7. The molecule has 0 unspecified atom stereocenters. The Kier molecular flexibility index (Phi) is 5.21. The van der Waals surface area contributed by atoms with Crippen LogP contribution in [0.1, 0.15) is 57.2 Å². The summed E-state index contributed by atoms with van der Waals surface area (Å²) in [5.41, 5.74) is 9.46. The van der Waals surface area contributed by atoms with Crippen LogP contribution < -0.4 is 5.73 Å². The van der Waals surface area contributed by atoms with Crippen molar-refractivity contribution in [3.63, 3.8) is 0 Å². The molecule has 4 heteroatoms. The maximum Gasteiger partial charge on any atom is 0.145 e. The Hall–Kier alpha value is -1.58. The van der Waals surface area contributed by atoms with E-state index in [4.69, 9.17) is 5.73 Å². The molecule has 0 fully saturated rings. The van der Waals surface area contributed by atoms with Crippen LogP contribution in [0.5, 0.6) is 0 Å². The molecule has 4 nitrogen and oxygen atoms in total. The van der Waals surface area contributed by atoms with Gasteiger partial charge in [-0.05, 0) is 31.7 Å². The number of hydrogen-bond acceptors (Lipinski definition) is 3. The van der Waals surface area contributed by atoms with Crippen LogP contribution in [0.15, 0.2) is 6.33 Å². The molecule has 2 heterocycles. The Morgan fingerprint density at radius 1 is 1.10 bits per heavy atom. The maximum absolute atomic E-state index is 6.00. The molecule has 0 bridgehead atoms. The van der Waals surface area contributed by atoms with E-state index in [0.717, 1.165) is 23.5 Å². The molecule has 0 aliphatic rings. The van der Waals surface area contributed by atoms with E-state index in [1.807, 2.05) is 0 Å². The van der Waals surface area contributed by atoms with Crippen molar-refractivity contribution in [2.24, 2.45) is 5.92 Å². The molecule has 0 aliphatic carbocycles. The van der Waals surface area contributed by atoms with Gasteiger partial charge >= 0.3 is 0 Å². The molecule has 0 saturated carbocycles. The number of nitrogens with zero attached hydrogens (tertiary/aromatic N) is 3. The van der Waals surface area contributed by atoms with Crippen molar-refractivity contribution in [2.75, 3.05) is 5.73 Å². The molecule has 2 aromatic heterocycles. The predicted molar refractivity (Wildman–Crippen MR) is 89.3 cm³/mol. The second-order valence-electron chi connectivity index (χ2n) is 6.42. The van der Waals surface area contributed by atoms with Crippen molar-refractivity contribution >= 4 is 16.9 Å². The Labute approximate surface area is 127 Å². The predicted octanol–water partition coefficient (Wildman–Crippen LogP) is 4.24. The summed E-state index contributed by atoms with van der Waals surface area (Å²) in [6.45, 7) is 9.87. The number of fused-ring (bicyclic) bond motifs is 1. The highest BCUT2D eigenvalue weighted by Crippen LogP contribution is 2.27. The average Bonchev–Trinajstić information content (AvgIpc) is 2.68. The van der Waals surface area contributed by atoms with Gasteiger partial charge in [0.2, 0.25) is 0 Å². The van der Waals surface area contributed by atoms with Crippen molar-refractivity contribution in [1.82, 2.24) is 14.5 Å². The van der Waals surface area contributed by atoms with E-state index in [9.17, 15) is 0 Å². The number of unbranched alkanes of at least 4 members (excludes halogenated alkanes) is 3. The number of nitrogens with two attached hydrogens (primary N) is 1. The Balaban J connectivity index is 1.99. The van der Waals surface area contributed by atoms with Gasteiger partial charge < -0.3 is 10.3 Å². The van der Waals surface area contributed by atoms with E-state index in [2.05, 4.69) is 42.2 Å². The van der Waals surface area contributed by atoms with Gasteiger partial charge in [-0.2, -0.15) is 0 Å². The van der Waals surface area contributed by atoms with Crippen LogP contribution >= 0.6 is 0 Å². The number of anilines is 1. The van der Waals surface area contributed by atoms with Crippen LogP contribution in [0.25, 0.3) is 11.0 Å². The molecule has 116 valence electrons. The molecule has 0 atom stereocenters. The van der Waals surface area contributed by atoms with E-state index >= 15 is 0 Å². The second kappa shape index (κ2) is 6.92. The van der Waals surface area contributed by atoms with E-state index in [1.165, 1.54) is 43.4 Å². The van der Waals surface area contributed by atoms with Crippen molar-refractivity contribution in [3.05, 3.63) is 17.6 Å². The van der Waals surface area contributed by atoms with Gasteiger partial charge in [0.05, 0.1) is 5.39 Å². The molecular weight excluding hydrogens is 260 g/mol. The lowest BCUT2D eigenvalue weighted by Crippen LogP contribution is -2.02. The van der Waals surface area contributed by atoms with E-state index < -0.39 is 0 Å². The van der Waals surface area contributed by atoms with Gasteiger partial charge in [0.15, 0.2) is 0 Å². The average molecular weight is 288 g/mol. The summed E-state index contributed by atoms with van der Waals surface area (Å²) in [6.07, 6.45) is 8.06. The highest BCUT2D eigenvalue weighted by molar-refractivity contribution is 5.90. The van der Waals surface area contributed by atoms with Gasteiger partial charge in [0.25, 0.3) is 0 Å². The summed E-state index contributed by atoms with van der Waals surface area (Å²) >= 11 is 0. The Morgan fingerprint density at radius 3 is 2.52 bits per heavy atom. The number of aromatic nitrogens is 3. The molecule has 0 spiro atoms. The van der Waals surface area contributed by atoms with E-state index in [1.54, 1.807) is 6.33 Å². The third-order valence-corrected chi connectivity index (χ3v) is 4.35. The quantitative estimate of drug-likeness (QED) is 0.775. The molecule has 2 rings (SSSR count). The number of rotatable bonds is 7. The summed E-state index contributed by atoms with van der Waals surface area (Å²) in [7, 11) is 0. The first-order valence-corrected chi connectivity index (χ1v) is 8.08. The third kappa shape index (κ3) is 3.55. The number of hydrogen-bond donors (Lipinski definition) is 1. The minimum Gasteiger partial charge on any atom is -0.383 e. The zero-order chi connectivity index (χ0) is 15.4. The van der Waals surface area contributed by atoms with Crippen LogP contribution in [-0.4, -0.2) is 14.5 Å². The monoisotopic (exact) mass is 288 g/mol. The maximum atomic E-state index is 6.00. The minimum absolute atomic E-state index is 0.594. The zero-order valence-electron chi connectivity index (χ0n) is 13.8. The summed E-state index contributed by atoms with van der Waals surface area (Å²) in [5, 5.41) is 1.02. The van der Waals surface area contributed by atoms with Gasteiger partial charge in [0.1, 0.15) is 17.8 Å². The smallest absolute Gasteiger partial charge is 0.145 e. The van der Waals surface area contributed by atoms with Crippen molar-refractivity contribution in [3.8, 4) is 0 Å². The molecule has 0 amide bonds. The topological polar surface area (TPSA) is 56.7 Å². The van der Waals surface area contributed by atoms with Crippen LogP contribution in [0, 0.1) is 19.8 Å². The molecular formula is C17H28N4. The largest absolute Gasteiger partial charge is 0.383 e. The Morgan fingerprint density at radius 2 is 1.81 bits per heavy atom.